The number of nitrogens with zero attached hydrogens (tertiary/aromatic N) is 1. The summed E-state index contributed by atoms with van der Waals surface area (Å²) < 4.78 is 5.40. The Morgan fingerprint density at radius 3 is 2.30 bits per heavy atom. The highest BCUT2D eigenvalue weighted by Gasteiger charge is 2.12. The van der Waals surface area contributed by atoms with Gasteiger partial charge in [-0.05, 0) is 16.7 Å². The fourth-order valence-corrected chi connectivity index (χ4v) is 2.03. The number of hydrogen-bond donors (Lipinski definition) is 1. The molecule has 1 atom stereocenters. The summed E-state index contributed by atoms with van der Waals surface area (Å²) >= 11 is 0. The van der Waals surface area contributed by atoms with Crippen molar-refractivity contribution in [3.8, 4) is 0 Å². The van der Waals surface area contributed by atoms with Gasteiger partial charge in [0.1, 0.15) is 6.04 Å². The lowest BCUT2D eigenvalue weighted by atomic mass is 9.99. The molecule has 0 saturated carbocycles. The third kappa shape index (κ3) is 3.62. The highest BCUT2D eigenvalue weighted by molar-refractivity contribution is 5.33. The molecule has 1 unspecified atom stereocenters. The van der Waals surface area contributed by atoms with Gasteiger partial charge in [-0.15, -0.1) is 6.58 Å². The fourth-order valence-electron chi connectivity index (χ4n) is 2.03. The quantitative estimate of drug-likeness (QED) is 0.447. The van der Waals surface area contributed by atoms with E-state index in [-0.39, 0.29) is 6.04 Å². The highest BCUT2D eigenvalue weighted by Crippen LogP contribution is 2.25. The van der Waals surface area contributed by atoms with E-state index in [0.717, 1.165) is 16.7 Å². The van der Waals surface area contributed by atoms with E-state index in [0.29, 0.717) is 13.2 Å². The summed E-state index contributed by atoms with van der Waals surface area (Å²) in [5.74, 6) is 0. The predicted molar refractivity (Wildman–Crippen MR) is 79.7 cm³/mol. The second kappa shape index (κ2) is 7.36. The van der Waals surface area contributed by atoms with Crippen LogP contribution < -0.4 is 0 Å². The molecular formula is C17H18N2O. The SMILES string of the molecule is C=CCOCc1ccc(C(N=N)c2ccccc2)cc1. The van der Waals surface area contributed by atoms with Crippen molar-refractivity contribution in [2.45, 2.75) is 12.6 Å². The molecule has 0 aliphatic rings. The summed E-state index contributed by atoms with van der Waals surface area (Å²) in [6.45, 7) is 4.74. The minimum atomic E-state index is -0.237. The summed E-state index contributed by atoms with van der Waals surface area (Å²) in [6, 6.07) is 17.7. The van der Waals surface area contributed by atoms with Crippen molar-refractivity contribution in [2.24, 2.45) is 5.11 Å². The molecule has 20 heavy (non-hydrogen) atoms. The van der Waals surface area contributed by atoms with Gasteiger partial charge in [0.25, 0.3) is 0 Å². The second-order valence-electron chi connectivity index (χ2n) is 4.49. The fraction of sp³-hybridized carbons (Fsp3) is 0.176. The summed E-state index contributed by atoms with van der Waals surface area (Å²) in [6.07, 6.45) is 1.73. The Morgan fingerprint density at radius 1 is 1.05 bits per heavy atom. The normalized spacial score (nSPS) is 11.8. The van der Waals surface area contributed by atoms with Gasteiger partial charge in [0.05, 0.1) is 13.2 Å². The van der Waals surface area contributed by atoms with E-state index < -0.39 is 0 Å². The van der Waals surface area contributed by atoms with Gasteiger partial charge < -0.3 is 4.74 Å². The van der Waals surface area contributed by atoms with Crippen molar-refractivity contribution in [2.75, 3.05) is 6.61 Å². The number of ether oxygens (including phenoxy) is 1. The second-order valence-corrected chi connectivity index (χ2v) is 4.49. The van der Waals surface area contributed by atoms with Crippen LogP contribution in [0.25, 0.3) is 0 Å². The molecule has 0 bridgehead atoms. The van der Waals surface area contributed by atoms with Crippen molar-refractivity contribution >= 4 is 0 Å². The molecule has 1 N–H and O–H groups in total. The Hall–Kier alpha value is -2.26. The number of nitrogens with one attached hydrogen (secondary N) is 1. The largest absolute Gasteiger partial charge is 0.373 e. The molecule has 0 aliphatic carbocycles. The molecular weight excluding hydrogens is 248 g/mol. The molecule has 3 heteroatoms. The Bertz CT molecular complexity index is 549. The molecule has 0 aliphatic heterocycles. The lowest BCUT2D eigenvalue weighted by Gasteiger charge is -2.12. The molecule has 0 radical (unpaired) electrons. The van der Waals surface area contributed by atoms with Gasteiger partial charge in [-0.1, -0.05) is 60.7 Å². The van der Waals surface area contributed by atoms with Gasteiger partial charge >= 0.3 is 0 Å². The first-order valence-corrected chi connectivity index (χ1v) is 6.54. The van der Waals surface area contributed by atoms with Crippen LogP contribution in [0.5, 0.6) is 0 Å². The van der Waals surface area contributed by atoms with Crippen molar-refractivity contribution in [1.29, 1.82) is 5.53 Å². The Balaban J connectivity index is 2.11. The third-order valence-corrected chi connectivity index (χ3v) is 3.04. The van der Waals surface area contributed by atoms with E-state index in [1.807, 2.05) is 54.6 Å². The smallest absolute Gasteiger partial charge is 0.121 e. The molecule has 3 nitrogen and oxygen atoms in total. The number of rotatable bonds is 7. The predicted octanol–water partition coefficient (Wildman–Crippen LogP) is 4.51. The highest BCUT2D eigenvalue weighted by atomic mass is 16.5. The summed E-state index contributed by atoms with van der Waals surface area (Å²) in [4.78, 5) is 0. The standard InChI is InChI=1S/C17H18N2O/c1-2-12-20-13-14-8-10-16(11-9-14)17(19-18)15-6-4-3-5-7-15/h2-11,17-18H,1,12-13H2. The average molecular weight is 266 g/mol. The van der Waals surface area contributed by atoms with Crippen LogP contribution in [0.15, 0.2) is 72.4 Å². The Kier molecular flexibility index (Phi) is 5.21. The van der Waals surface area contributed by atoms with Gasteiger partial charge in [0.15, 0.2) is 0 Å². The Morgan fingerprint density at radius 2 is 1.70 bits per heavy atom. The monoisotopic (exact) mass is 266 g/mol. The third-order valence-electron chi connectivity index (χ3n) is 3.04. The lowest BCUT2D eigenvalue weighted by Crippen LogP contribution is -1.98. The maximum atomic E-state index is 7.41. The van der Waals surface area contributed by atoms with Crippen LogP contribution in [0.4, 0.5) is 0 Å². The molecule has 0 saturated heterocycles. The Labute approximate surface area is 119 Å². The first-order chi connectivity index (χ1) is 9.85. The molecule has 0 heterocycles. The molecule has 0 fully saturated rings. The summed E-state index contributed by atoms with van der Waals surface area (Å²) in [7, 11) is 0. The van der Waals surface area contributed by atoms with Gasteiger partial charge in [-0.2, -0.15) is 5.11 Å². The topological polar surface area (TPSA) is 45.4 Å². The van der Waals surface area contributed by atoms with Crippen LogP contribution in [-0.2, 0) is 11.3 Å². The van der Waals surface area contributed by atoms with Crippen LogP contribution in [0.1, 0.15) is 22.7 Å². The minimum Gasteiger partial charge on any atom is -0.373 e. The van der Waals surface area contributed by atoms with Crippen LogP contribution in [0, 0.1) is 5.53 Å². The van der Waals surface area contributed by atoms with E-state index in [1.54, 1.807) is 6.08 Å². The van der Waals surface area contributed by atoms with E-state index in [1.165, 1.54) is 0 Å². The molecule has 102 valence electrons. The van der Waals surface area contributed by atoms with Gasteiger partial charge in [-0.25, -0.2) is 5.53 Å². The van der Waals surface area contributed by atoms with Crippen LogP contribution >= 0.6 is 0 Å². The van der Waals surface area contributed by atoms with Crippen molar-refractivity contribution in [3.05, 3.63) is 83.9 Å². The first-order valence-electron chi connectivity index (χ1n) is 6.54. The van der Waals surface area contributed by atoms with E-state index in [4.69, 9.17) is 10.3 Å². The zero-order valence-electron chi connectivity index (χ0n) is 11.3. The number of benzene rings is 2. The minimum absolute atomic E-state index is 0.237. The van der Waals surface area contributed by atoms with Crippen LogP contribution in [-0.4, -0.2) is 6.61 Å². The maximum Gasteiger partial charge on any atom is 0.121 e. The van der Waals surface area contributed by atoms with Gasteiger partial charge in [-0.3, -0.25) is 0 Å². The van der Waals surface area contributed by atoms with E-state index in [2.05, 4.69) is 11.7 Å². The van der Waals surface area contributed by atoms with Crippen molar-refractivity contribution < 1.29 is 4.74 Å². The molecule has 2 aromatic carbocycles. The molecule has 0 spiro atoms. The zero-order chi connectivity index (χ0) is 14.2. The first kappa shape index (κ1) is 14.2. The van der Waals surface area contributed by atoms with Crippen LogP contribution in [0.3, 0.4) is 0 Å². The lowest BCUT2D eigenvalue weighted by molar-refractivity contribution is 0.149. The summed E-state index contributed by atoms with van der Waals surface area (Å²) in [5.41, 5.74) is 10.6. The van der Waals surface area contributed by atoms with Crippen LogP contribution in [0.2, 0.25) is 0 Å². The molecule has 2 rings (SSSR count). The molecule has 0 amide bonds. The summed E-state index contributed by atoms with van der Waals surface area (Å²) in [5, 5.41) is 3.74. The average Bonchev–Trinajstić information content (AvgIpc) is 2.51. The van der Waals surface area contributed by atoms with E-state index >= 15 is 0 Å². The molecule has 0 aromatic heterocycles. The van der Waals surface area contributed by atoms with Crippen molar-refractivity contribution in [3.63, 3.8) is 0 Å². The van der Waals surface area contributed by atoms with E-state index in [9.17, 15) is 0 Å². The van der Waals surface area contributed by atoms with Gasteiger partial charge in [0, 0.05) is 0 Å². The zero-order valence-corrected chi connectivity index (χ0v) is 11.3. The van der Waals surface area contributed by atoms with Gasteiger partial charge in [0.2, 0.25) is 0 Å². The number of hydrogen-bond acceptors (Lipinski definition) is 3. The molecule has 2 aromatic rings. The van der Waals surface area contributed by atoms with Crippen molar-refractivity contribution in [1.82, 2.24) is 0 Å². The maximum absolute atomic E-state index is 7.41.